The van der Waals surface area contributed by atoms with Gasteiger partial charge in [0.1, 0.15) is 10.0 Å². The van der Waals surface area contributed by atoms with Gasteiger partial charge in [0.15, 0.2) is 0 Å². The van der Waals surface area contributed by atoms with Crippen LogP contribution in [0, 0.1) is 6.92 Å². The Kier molecular flexibility index (Phi) is 4.89. The smallest absolute Gasteiger partial charge is 0.208 e. The Hall–Kier alpha value is -1.57. The zero-order chi connectivity index (χ0) is 16.3. The van der Waals surface area contributed by atoms with E-state index in [9.17, 15) is 8.42 Å². The van der Waals surface area contributed by atoms with Gasteiger partial charge < -0.3 is 0 Å². The van der Waals surface area contributed by atoms with Gasteiger partial charge in [0.05, 0.1) is 0 Å². The Bertz CT molecular complexity index is 785. The van der Waals surface area contributed by atoms with Crippen LogP contribution >= 0.6 is 11.3 Å². The maximum atomic E-state index is 12.5. The van der Waals surface area contributed by atoms with Gasteiger partial charge in [-0.05, 0) is 31.4 Å². The highest BCUT2D eigenvalue weighted by Gasteiger charge is 2.29. The van der Waals surface area contributed by atoms with Crippen LogP contribution in [0.15, 0.2) is 35.7 Å². The number of benzene rings is 1. The standard InChI is InChI=1S/C16H19N3O2S2/c1-13-17-18-16(22-13)15-8-5-10-19(12-15)23(20,21)11-9-14-6-3-2-4-7-14/h2-4,6-7,9,11,15H,5,8,10,12H2,1H3/b11-9+/t15-/m1/s1. The van der Waals surface area contributed by atoms with Crippen molar-refractivity contribution in [2.45, 2.75) is 25.7 Å². The van der Waals surface area contributed by atoms with Crippen molar-refractivity contribution < 1.29 is 8.42 Å². The third-order valence-corrected chi connectivity index (χ3v) is 6.40. The molecule has 0 spiro atoms. The number of aromatic nitrogens is 2. The van der Waals surface area contributed by atoms with E-state index >= 15 is 0 Å². The molecule has 0 N–H and O–H groups in total. The highest BCUT2D eigenvalue weighted by molar-refractivity contribution is 7.92. The average molecular weight is 349 g/mol. The molecule has 3 rings (SSSR count). The second-order valence-corrected chi connectivity index (χ2v) is 8.65. The molecular formula is C16H19N3O2S2. The van der Waals surface area contributed by atoms with E-state index < -0.39 is 10.0 Å². The van der Waals surface area contributed by atoms with Crippen LogP contribution in [0.25, 0.3) is 6.08 Å². The number of aryl methyl sites for hydroxylation is 1. The van der Waals surface area contributed by atoms with Crippen LogP contribution < -0.4 is 0 Å². The van der Waals surface area contributed by atoms with Crippen molar-refractivity contribution in [2.24, 2.45) is 0 Å². The molecule has 2 heterocycles. The third kappa shape index (κ3) is 4.04. The summed E-state index contributed by atoms with van der Waals surface area (Å²) in [5, 5.41) is 11.4. The van der Waals surface area contributed by atoms with Crippen LogP contribution in [0.5, 0.6) is 0 Å². The summed E-state index contributed by atoms with van der Waals surface area (Å²) in [6, 6.07) is 9.46. The molecule has 0 unspecified atom stereocenters. The first kappa shape index (κ1) is 16.3. The first-order valence-corrected chi connectivity index (χ1v) is 9.90. The molecule has 2 aromatic rings. The Morgan fingerprint density at radius 3 is 2.74 bits per heavy atom. The Morgan fingerprint density at radius 2 is 2.04 bits per heavy atom. The molecule has 0 bridgehead atoms. The predicted molar refractivity (Wildman–Crippen MR) is 92.6 cm³/mol. The summed E-state index contributed by atoms with van der Waals surface area (Å²) in [5.74, 6) is 0.148. The van der Waals surface area contributed by atoms with E-state index in [2.05, 4.69) is 10.2 Å². The van der Waals surface area contributed by atoms with Crippen molar-refractivity contribution in [3.8, 4) is 0 Å². The molecule has 1 fully saturated rings. The molecule has 1 aliphatic rings. The molecule has 0 amide bonds. The van der Waals surface area contributed by atoms with Gasteiger partial charge in [-0.3, -0.25) is 0 Å². The molecule has 5 nitrogen and oxygen atoms in total. The number of hydrogen-bond acceptors (Lipinski definition) is 5. The number of rotatable bonds is 4. The summed E-state index contributed by atoms with van der Waals surface area (Å²) in [6.07, 6.45) is 3.46. The summed E-state index contributed by atoms with van der Waals surface area (Å²) < 4.78 is 26.6. The van der Waals surface area contributed by atoms with Crippen LogP contribution in [0.4, 0.5) is 0 Å². The molecule has 1 atom stereocenters. The van der Waals surface area contributed by atoms with Crippen LogP contribution in [-0.4, -0.2) is 36.0 Å². The van der Waals surface area contributed by atoms with E-state index in [4.69, 9.17) is 0 Å². The molecule has 122 valence electrons. The van der Waals surface area contributed by atoms with Gasteiger partial charge in [-0.2, -0.15) is 4.31 Å². The monoisotopic (exact) mass is 349 g/mol. The van der Waals surface area contributed by atoms with Crippen molar-refractivity contribution in [3.05, 3.63) is 51.3 Å². The SMILES string of the molecule is Cc1nnc([C@@H]2CCCN(S(=O)(=O)/C=C/c3ccccc3)C2)s1. The van der Waals surface area contributed by atoms with E-state index in [1.54, 1.807) is 21.7 Å². The van der Waals surface area contributed by atoms with E-state index in [-0.39, 0.29) is 5.92 Å². The van der Waals surface area contributed by atoms with Gasteiger partial charge in [0.2, 0.25) is 10.0 Å². The topological polar surface area (TPSA) is 63.2 Å². The van der Waals surface area contributed by atoms with E-state index in [0.717, 1.165) is 28.4 Å². The van der Waals surface area contributed by atoms with Gasteiger partial charge in [0.25, 0.3) is 0 Å². The highest BCUT2D eigenvalue weighted by atomic mass is 32.2. The quantitative estimate of drug-likeness (QED) is 0.851. The second kappa shape index (κ2) is 6.90. The molecule has 7 heteroatoms. The van der Waals surface area contributed by atoms with Crippen molar-refractivity contribution in [1.82, 2.24) is 14.5 Å². The lowest BCUT2D eigenvalue weighted by atomic mass is 10.0. The van der Waals surface area contributed by atoms with E-state index in [1.165, 1.54) is 5.41 Å². The minimum absolute atomic E-state index is 0.148. The van der Waals surface area contributed by atoms with Gasteiger partial charge in [-0.15, -0.1) is 21.5 Å². The fourth-order valence-electron chi connectivity index (χ4n) is 2.67. The van der Waals surface area contributed by atoms with Crippen LogP contribution in [0.1, 0.15) is 34.3 Å². The highest BCUT2D eigenvalue weighted by Crippen LogP contribution is 2.30. The lowest BCUT2D eigenvalue weighted by molar-refractivity contribution is 0.318. The first-order valence-electron chi connectivity index (χ1n) is 7.58. The summed E-state index contributed by atoms with van der Waals surface area (Å²) in [4.78, 5) is 0. The zero-order valence-corrected chi connectivity index (χ0v) is 14.6. The second-order valence-electron chi connectivity index (χ2n) is 5.61. The lowest BCUT2D eigenvalue weighted by Gasteiger charge is -2.29. The van der Waals surface area contributed by atoms with Gasteiger partial charge in [-0.1, -0.05) is 30.3 Å². The molecule has 0 saturated carbocycles. The molecule has 1 saturated heterocycles. The van der Waals surface area contributed by atoms with Crippen LogP contribution in [0.3, 0.4) is 0 Å². The summed E-state index contributed by atoms with van der Waals surface area (Å²) in [7, 11) is -3.41. The fourth-order valence-corrected chi connectivity index (χ4v) is 4.76. The minimum Gasteiger partial charge on any atom is -0.208 e. The van der Waals surface area contributed by atoms with Crippen molar-refractivity contribution >= 4 is 27.4 Å². The van der Waals surface area contributed by atoms with Crippen LogP contribution in [-0.2, 0) is 10.0 Å². The maximum absolute atomic E-state index is 12.5. The predicted octanol–water partition coefficient (Wildman–Crippen LogP) is 3.03. The molecular weight excluding hydrogens is 330 g/mol. The zero-order valence-electron chi connectivity index (χ0n) is 12.9. The van der Waals surface area contributed by atoms with Crippen molar-refractivity contribution in [2.75, 3.05) is 13.1 Å². The molecule has 23 heavy (non-hydrogen) atoms. The van der Waals surface area contributed by atoms with Crippen molar-refractivity contribution in [1.29, 1.82) is 0 Å². The molecule has 1 aromatic heterocycles. The Morgan fingerprint density at radius 1 is 1.26 bits per heavy atom. The van der Waals surface area contributed by atoms with Crippen molar-refractivity contribution in [3.63, 3.8) is 0 Å². The molecule has 1 aromatic carbocycles. The normalized spacial score (nSPS) is 20.1. The number of sulfonamides is 1. The average Bonchev–Trinajstić information content (AvgIpc) is 3.01. The van der Waals surface area contributed by atoms with Gasteiger partial charge in [0, 0.05) is 24.4 Å². The minimum atomic E-state index is -3.41. The van der Waals surface area contributed by atoms with Crippen LogP contribution in [0.2, 0.25) is 0 Å². The largest absolute Gasteiger partial charge is 0.236 e. The molecule has 0 aliphatic carbocycles. The summed E-state index contributed by atoms with van der Waals surface area (Å²) in [5.41, 5.74) is 0.879. The first-order chi connectivity index (χ1) is 11.0. The molecule has 1 aliphatic heterocycles. The fraction of sp³-hybridized carbons (Fsp3) is 0.375. The molecule has 0 radical (unpaired) electrons. The lowest BCUT2D eigenvalue weighted by Crippen LogP contribution is -2.37. The number of hydrogen-bond donors (Lipinski definition) is 0. The van der Waals surface area contributed by atoms with E-state index in [1.807, 2.05) is 37.3 Å². The Labute approximate surface area is 140 Å². The van der Waals surface area contributed by atoms with E-state index in [0.29, 0.717) is 13.1 Å². The van der Waals surface area contributed by atoms with Gasteiger partial charge >= 0.3 is 0 Å². The van der Waals surface area contributed by atoms with Gasteiger partial charge in [-0.25, -0.2) is 8.42 Å². The summed E-state index contributed by atoms with van der Waals surface area (Å²) in [6.45, 7) is 2.97. The Balaban J connectivity index is 1.73. The number of piperidine rings is 1. The maximum Gasteiger partial charge on any atom is 0.236 e. The number of nitrogens with zero attached hydrogens (tertiary/aromatic N) is 3. The summed E-state index contributed by atoms with van der Waals surface area (Å²) >= 11 is 1.56. The third-order valence-electron chi connectivity index (χ3n) is 3.87.